The Morgan fingerprint density at radius 2 is 1.25 bits per heavy atom. The quantitative estimate of drug-likeness (QED) is 0.227. The largest absolute Gasteiger partial charge is 0.342 e. The summed E-state index contributed by atoms with van der Waals surface area (Å²) in [6.45, 7) is 3.99. The lowest BCUT2D eigenvalue weighted by atomic mass is 9.98. The molecule has 1 saturated heterocycles. The minimum Gasteiger partial charge on any atom is -0.342 e. The van der Waals surface area contributed by atoms with Crippen LogP contribution in [0, 0.1) is 0 Å². The van der Waals surface area contributed by atoms with Crippen molar-refractivity contribution >= 4 is 44.4 Å². The maximum atomic E-state index is 5.20. The Kier molecular flexibility index (Phi) is 5.47. The molecule has 0 saturated carbocycles. The van der Waals surface area contributed by atoms with E-state index in [0.717, 1.165) is 83.9 Å². The highest BCUT2D eigenvalue weighted by Crippen LogP contribution is 2.32. The highest BCUT2D eigenvalue weighted by molar-refractivity contribution is 6.05. The number of benzene rings is 4. The van der Waals surface area contributed by atoms with E-state index in [1.807, 2.05) is 0 Å². The van der Waals surface area contributed by atoms with Gasteiger partial charge in [-0.3, -0.25) is 9.89 Å². The topological polar surface area (TPSA) is 44.6 Å². The molecule has 0 radical (unpaired) electrons. The lowest BCUT2D eigenvalue weighted by Crippen LogP contribution is -2.52. The van der Waals surface area contributed by atoms with Crippen LogP contribution in [0.3, 0.4) is 0 Å². The Labute approximate surface area is 233 Å². The number of pyridine rings is 2. The summed E-state index contributed by atoms with van der Waals surface area (Å²) in [5.74, 6) is 2.03. The predicted octanol–water partition coefficient (Wildman–Crippen LogP) is 7.54. The maximum absolute atomic E-state index is 5.20. The molecule has 6 aromatic rings. The molecule has 40 heavy (non-hydrogen) atoms. The molecule has 2 aliphatic heterocycles. The molecule has 0 unspecified atom stereocenters. The normalized spacial score (nSPS) is 15.4. The Balaban J connectivity index is 1.21. The number of aliphatic imine (C=N–C) groups is 1. The molecular formula is C35H29N5. The highest BCUT2D eigenvalue weighted by Gasteiger charge is 2.27. The van der Waals surface area contributed by atoms with Crippen LogP contribution >= 0.6 is 0 Å². The lowest BCUT2D eigenvalue weighted by molar-refractivity contribution is 0.359. The van der Waals surface area contributed by atoms with Crippen molar-refractivity contribution < 1.29 is 0 Å². The van der Waals surface area contributed by atoms with Crippen LogP contribution in [0.1, 0.15) is 12.8 Å². The van der Waals surface area contributed by atoms with E-state index in [2.05, 4.69) is 113 Å². The van der Waals surface area contributed by atoms with E-state index in [1.54, 1.807) is 0 Å². The van der Waals surface area contributed by atoms with Crippen molar-refractivity contribution in [2.75, 3.05) is 31.1 Å². The molecule has 0 aliphatic carbocycles. The van der Waals surface area contributed by atoms with E-state index in [4.69, 9.17) is 15.0 Å². The summed E-state index contributed by atoms with van der Waals surface area (Å²) in [6, 6.07) is 36.7. The van der Waals surface area contributed by atoms with Crippen LogP contribution in [0.5, 0.6) is 0 Å². The first-order chi connectivity index (χ1) is 19.8. The summed E-state index contributed by atoms with van der Waals surface area (Å²) in [5, 5.41) is 4.70. The first-order valence-corrected chi connectivity index (χ1v) is 14.2. The smallest absolute Gasteiger partial charge is 0.202 e. The second-order valence-corrected chi connectivity index (χ2v) is 10.7. The molecule has 0 atom stereocenters. The van der Waals surface area contributed by atoms with Gasteiger partial charge in [0.2, 0.25) is 5.96 Å². The van der Waals surface area contributed by atoms with E-state index in [9.17, 15) is 0 Å². The van der Waals surface area contributed by atoms with Gasteiger partial charge in [0.1, 0.15) is 5.82 Å². The summed E-state index contributed by atoms with van der Waals surface area (Å²) in [6.07, 6.45) is 2.24. The first-order valence-electron chi connectivity index (χ1n) is 14.2. The van der Waals surface area contributed by atoms with E-state index in [-0.39, 0.29) is 0 Å². The van der Waals surface area contributed by atoms with Crippen LogP contribution in [-0.2, 0) is 0 Å². The fourth-order valence-electron chi connectivity index (χ4n) is 6.14. The minimum atomic E-state index is 0.891. The van der Waals surface area contributed by atoms with Crippen LogP contribution in [0.15, 0.2) is 108 Å². The second-order valence-electron chi connectivity index (χ2n) is 10.7. The number of anilines is 1. The van der Waals surface area contributed by atoms with E-state index >= 15 is 0 Å². The molecule has 2 aromatic heterocycles. The minimum absolute atomic E-state index is 0.891. The molecule has 0 N–H and O–H groups in total. The molecule has 0 bridgehead atoms. The first kappa shape index (κ1) is 23.1. The number of rotatable bonds is 3. The van der Waals surface area contributed by atoms with Crippen LogP contribution in [0.25, 0.3) is 55.0 Å². The number of hydrogen-bond donors (Lipinski definition) is 0. The molecule has 194 valence electrons. The van der Waals surface area contributed by atoms with Gasteiger partial charge in [-0.2, -0.15) is 0 Å². The zero-order chi connectivity index (χ0) is 26.5. The van der Waals surface area contributed by atoms with Crippen LogP contribution < -0.4 is 4.90 Å². The molecule has 5 heteroatoms. The lowest BCUT2D eigenvalue weighted by Gasteiger charge is -2.40. The van der Waals surface area contributed by atoms with Gasteiger partial charge in [-0.1, -0.05) is 72.8 Å². The second kappa shape index (κ2) is 9.45. The molecule has 4 heterocycles. The molecule has 5 nitrogen and oxygen atoms in total. The molecule has 1 fully saturated rings. The van der Waals surface area contributed by atoms with Gasteiger partial charge < -0.3 is 4.90 Å². The summed E-state index contributed by atoms with van der Waals surface area (Å²) in [7, 11) is 0. The predicted molar refractivity (Wildman–Crippen MR) is 166 cm³/mol. The Morgan fingerprint density at radius 3 is 2.17 bits per heavy atom. The van der Waals surface area contributed by atoms with Gasteiger partial charge in [-0.15, -0.1) is 0 Å². The van der Waals surface area contributed by atoms with Crippen LogP contribution in [0.4, 0.5) is 5.82 Å². The molecule has 8 rings (SSSR count). The van der Waals surface area contributed by atoms with Crippen LogP contribution in [-0.4, -0.2) is 47.0 Å². The highest BCUT2D eigenvalue weighted by atomic mass is 15.4. The van der Waals surface area contributed by atoms with Crippen molar-refractivity contribution in [1.29, 1.82) is 0 Å². The third-order valence-corrected chi connectivity index (χ3v) is 8.20. The van der Waals surface area contributed by atoms with Crippen molar-refractivity contribution in [3.8, 4) is 22.4 Å². The molecular weight excluding hydrogens is 490 g/mol. The Morgan fingerprint density at radius 1 is 0.525 bits per heavy atom. The molecule has 0 spiro atoms. The monoisotopic (exact) mass is 519 g/mol. The van der Waals surface area contributed by atoms with Gasteiger partial charge in [0.25, 0.3) is 0 Å². The van der Waals surface area contributed by atoms with E-state index < -0.39 is 0 Å². The average molecular weight is 520 g/mol. The van der Waals surface area contributed by atoms with E-state index in [1.165, 1.54) is 21.9 Å². The standard InChI is InChI=1S/C35H29N5/c1-2-7-27-22-29(13-10-24(27)6-1)28-8-3-9-30(23-28)31-16-14-25-11-12-26-15-17-32(38-34(26)33(25)37-31)40-21-5-20-39-19-4-18-36-35(39)40/h1-3,6-17,22-23H,4-5,18-21H2. The molecule has 4 aromatic carbocycles. The fourth-order valence-corrected chi connectivity index (χ4v) is 6.14. The van der Waals surface area contributed by atoms with Crippen LogP contribution in [0.2, 0.25) is 0 Å². The third-order valence-electron chi connectivity index (χ3n) is 8.20. The van der Waals surface area contributed by atoms with Crippen molar-refractivity contribution in [1.82, 2.24) is 14.9 Å². The fraction of sp³-hybridized carbons (Fsp3) is 0.171. The number of aromatic nitrogens is 2. The Bertz CT molecular complexity index is 1940. The van der Waals surface area contributed by atoms with Gasteiger partial charge in [0, 0.05) is 42.5 Å². The summed E-state index contributed by atoms with van der Waals surface area (Å²) >= 11 is 0. The third kappa shape index (κ3) is 3.97. The van der Waals surface area contributed by atoms with Crippen molar-refractivity contribution in [2.45, 2.75) is 12.8 Å². The average Bonchev–Trinajstić information content (AvgIpc) is 3.04. The van der Waals surface area contributed by atoms with Gasteiger partial charge >= 0.3 is 0 Å². The SMILES string of the molecule is c1cc(-c2ccc3ccccc3c2)cc(-c2ccc3ccc4ccc(N5CCCN6CCCN=C65)nc4c3n2)c1. The summed E-state index contributed by atoms with van der Waals surface area (Å²) in [5.41, 5.74) is 6.33. The van der Waals surface area contributed by atoms with Gasteiger partial charge in [0.05, 0.1) is 16.7 Å². The van der Waals surface area contributed by atoms with Gasteiger partial charge in [0.15, 0.2) is 0 Å². The number of nitrogens with zero attached hydrogens (tertiary/aromatic N) is 5. The van der Waals surface area contributed by atoms with Crippen molar-refractivity contribution in [3.63, 3.8) is 0 Å². The van der Waals surface area contributed by atoms with Gasteiger partial charge in [-0.05, 0) is 65.1 Å². The molecule has 2 aliphatic rings. The molecule has 0 amide bonds. The van der Waals surface area contributed by atoms with Crippen molar-refractivity contribution in [3.05, 3.63) is 103 Å². The number of guanidine groups is 1. The zero-order valence-corrected chi connectivity index (χ0v) is 22.3. The summed E-state index contributed by atoms with van der Waals surface area (Å²) in [4.78, 5) is 20.0. The maximum Gasteiger partial charge on any atom is 0.202 e. The number of fused-ring (bicyclic) bond motifs is 5. The zero-order valence-electron chi connectivity index (χ0n) is 22.3. The summed E-state index contributed by atoms with van der Waals surface area (Å²) < 4.78 is 0. The van der Waals surface area contributed by atoms with Gasteiger partial charge in [-0.25, -0.2) is 9.97 Å². The number of hydrogen-bond acceptors (Lipinski definition) is 5. The van der Waals surface area contributed by atoms with Crippen molar-refractivity contribution in [2.24, 2.45) is 4.99 Å². The van der Waals surface area contributed by atoms with E-state index in [0.29, 0.717) is 0 Å². The Hall–Kier alpha value is -4.77.